The second-order valence-electron chi connectivity index (χ2n) is 3.93. The number of hydrogen-bond donors (Lipinski definition) is 1. The number of hydrogen-bond acceptors (Lipinski definition) is 4. The van der Waals surface area contributed by atoms with Gasteiger partial charge in [-0.25, -0.2) is 9.50 Å². The fourth-order valence-electron chi connectivity index (χ4n) is 2.13. The minimum atomic E-state index is 0.447. The van der Waals surface area contributed by atoms with Gasteiger partial charge in [0, 0.05) is 12.7 Å². The Morgan fingerprint density at radius 2 is 2.31 bits per heavy atom. The van der Waals surface area contributed by atoms with Crippen molar-refractivity contribution in [1.29, 1.82) is 0 Å². The highest BCUT2D eigenvalue weighted by Gasteiger charge is 2.17. The maximum absolute atomic E-state index is 5.43. The summed E-state index contributed by atoms with van der Waals surface area (Å²) in [5.74, 6) is 1.41. The van der Waals surface area contributed by atoms with E-state index < -0.39 is 0 Å². The van der Waals surface area contributed by atoms with Crippen molar-refractivity contribution in [3.05, 3.63) is 21.7 Å². The standard InChI is InChI=1S/C10H12N4OS/c1-15-5-8-12-10-11-7-4-2-3-6(7)9(16)14(10)13-8/h2-5H2,1H3,(H,11,12,13). The SMILES string of the molecule is COCc1nc2nc3c(c(=S)n2[nH]1)CCC3. The molecule has 1 N–H and O–H groups in total. The molecule has 0 saturated heterocycles. The number of aryl methyl sites for hydroxylation is 1. The third-order valence-electron chi connectivity index (χ3n) is 2.84. The third-order valence-corrected chi connectivity index (χ3v) is 3.27. The van der Waals surface area contributed by atoms with Gasteiger partial charge in [0.1, 0.15) is 11.2 Å². The summed E-state index contributed by atoms with van der Waals surface area (Å²) in [7, 11) is 1.64. The van der Waals surface area contributed by atoms with Gasteiger partial charge in [0.25, 0.3) is 5.78 Å². The average Bonchev–Trinajstić information content (AvgIpc) is 2.85. The van der Waals surface area contributed by atoms with Gasteiger partial charge in [0.05, 0.1) is 5.69 Å². The highest BCUT2D eigenvalue weighted by molar-refractivity contribution is 7.71. The molecule has 2 aromatic heterocycles. The van der Waals surface area contributed by atoms with Crippen LogP contribution in [-0.4, -0.2) is 26.7 Å². The molecule has 5 nitrogen and oxygen atoms in total. The maximum atomic E-state index is 5.43. The molecule has 0 fully saturated rings. The van der Waals surface area contributed by atoms with Crippen LogP contribution in [0.5, 0.6) is 0 Å². The van der Waals surface area contributed by atoms with E-state index in [1.54, 1.807) is 11.6 Å². The Hall–Kier alpha value is -1.27. The molecule has 1 aliphatic rings. The van der Waals surface area contributed by atoms with Gasteiger partial charge in [-0.3, -0.25) is 5.10 Å². The zero-order valence-corrected chi connectivity index (χ0v) is 9.80. The van der Waals surface area contributed by atoms with Gasteiger partial charge >= 0.3 is 0 Å². The van der Waals surface area contributed by atoms with Crippen LogP contribution >= 0.6 is 12.2 Å². The molecule has 0 amide bonds. The van der Waals surface area contributed by atoms with E-state index >= 15 is 0 Å². The van der Waals surface area contributed by atoms with E-state index in [4.69, 9.17) is 17.0 Å². The first kappa shape index (κ1) is 9.92. The quantitative estimate of drug-likeness (QED) is 0.801. The molecule has 0 saturated carbocycles. The minimum absolute atomic E-state index is 0.447. The van der Waals surface area contributed by atoms with Crippen molar-refractivity contribution in [2.24, 2.45) is 0 Å². The van der Waals surface area contributed by atoms with Gasteiger partial charge in [0.15, 0.2) is 5.82 Å². The van der Waals surface area contributed by atoms with Crippen LogP contribution in [0.1, 0.15) is 23.5 Å². The molecule has 0 spiro atoms. The molecule has 84 valence electrons. The molecule has 0 atom stereocenters. The zero-order valence-electron chi connectivity index (χ0n) is 8.99. The van der Waals surface area contributed by atoms with Crippen molar-refractivity contribution >= 4 is 18.0 Å². The minimum Gasteiger partial charge on any atom is -0.377 e. The topological polar surface area (TPSA) is 55.2 Å². The predicted octanol–water partition coefficient (Wildman–Crippen LogP) is 1.42. The van der Waals surface area contributed by atoms with E-state index in [0.717, 1.165) is 35.4 Å². The number of nitrogens with one attached hydrogen (secondary N) is 1. The van der Waals surface area contributed by atoms with E-state index in [-0.39, 0.29) is 0 Å². The number of methoxy groups -OCH3 is 1. The first-order valence-corrected chi connectivity index (χ1v) is 5.69. The van der Waals surface area contributed by atoms with Crippen molar-refractivity contribution in [3.8, 4) is 0 Å². The molecule has 3 rings (SSSR count). The van der Waals surface area contributed by atoms with Crippen molar-refractivity contribution in [3.63, 3.8) is 0 Å². The van der Waals surface area contributed by atoms with Crippen LogP contribution in [0, 0.1) is 4.64 Å². The molecule has 6 heteroatoms. The molecule has 0 unspecified atom stereocenters. The largest absolute Gasteiger partial charge is 0.377 e. The zero-order chi connectivity index (χ0) is 11.1. The normalized spacial score (nSPS) is 14.6. The van der Waals surface area contributed by atoms with Crippen molar-refractivity contribution in [2.45, 2.75) is 25.9 Å². The number of nitrogens with zero attached hydrogens (tertiary/aromatic N) is 3. The molecule has 16 heavy (non-hydrogen) atoms. The summed E-state index contributed by atoms with van der Waals surface area (Å²) in [6, 6.07) is 0. The number of fused-ring (bicyclic) bond motifs is 2. The molecule has 2 heterocycles. The fourth-order valence-corrected chi connectivity index (χ4v) is 2.48. The summed E-state index contributed by atoms with van der Waals surface area (Å²) in [6.07, 6.45) is 3.19. The second kappa shape index (κ2) is 3.64. The van der Waals surface area contributed by atoms with Gasteiger partial charge in [-0.15, -0.1) is 0 Å². The summed E-state index contributed by atoms with van der Waals surface area (Å²) in [6.45, 7) is 0.447. The van der Waals surface area contributed by atoms with Crippen LogP contribution in [0.2, 0.25) is 0 Å². The lowest BCUT2D eigenvalue weighted by molar-refractivity contribution is 0.178. The molecule has 0 aliphatic heterocycles. The van der Waals surface area contributed by atoms with E-state index in [1.165, 1.54) is 5.56 Å². The Balaban J connectivity index is 2.25. The maximum Gasteiger partial charge on any atom is 0.252 e. The summed E-state index contributed by atoms with van der Waals surface area (Å²) in [5.41, 5.74) is 2.31. The predicted molar refractivity (Wildman–Crippen MR) is 60.9 cm³/mol. The van der Waals surface area contributed by atoms with Gasteiger partial charge in [-0.05, 0) is 19.3 Å². The smallest absolute Gasteiger partial charge is 0.252 e. The van der Waals surface area contributed by atoms with Crippen LogP contribution in [0.4, 0.5) is 0 Å². The molecule has 0 aromatic carbocycles. The summed E-state index contributed by atoms with van der Waals surface area (Å²) in [5, 5.41) is 3.11. The van der Waals surface area contributed by atoms with Gasteiger partial charge < -0.3 is 4.74 Å². The van der Waals surface area contributed by atoms with Crippen LogP contribution in [0.3, 0.4) is 0 Å². The van der Waals surface area contributed by atoms with Crippen molar-refractivity contribution < 1.29 is 4.74 Å². The van der Waals surface area contributed by atoms with Crippen LogP contribution in [0.15, 0.2) is 0 Å². The first-order valence-electron chi connectivity index (χ1n) is 5.28. The highest BCUT2D eigenvalue weighted by atomic mass is 32.1. The van der Waals surface area contributed by atoms with Gasteiger partial charge in [-0.1, -0.05) is 12.2 Å². The molecule has 1 aliphatic carbocycles. The second-order valence-corrected chi connectivity index (χ2v) is 4.32. The Kier molecular flexibility index (Phi) is 2.26. The van der Waals surface area contributed by atoms with Crippen molar-refractivity contribution in [2.75, 3.05) is 7.11 Å². The summed E-state index contributed by atoms with van der Waals surface area (Å²) >= 11 is 5.43. The number of aromatic amines is 1. The number of H-pyrrole nitrogens is 1. The van der Waals surface area contributed by atoms with Crippen LogP contribution < -0.4 is 0 Å². The Morgan fingerprint density at radius 3 is 3.12 bits per heavy atom. The van der Waals surface area contributed by atoms with Crippen LogP contribution in [0.25, 0.3) is 5.78 Å². The third kappa shape index (κ3) is 1.37. The van der Waals surface area contributed by atoms with E-state index in [2.05, 4.69) is 15.1 Å². The molecule has 0 radical (unpaired) electrons. The van der Waals surface area contributed by atoms with Gasteiger partial charge in [-0.2, -0.15) is 4.98 Å². The Bertz CT molecular complexity index is 601. The van der Waals surface area contributed by atoms with Crippen molar-refractivity contribution in [1.82, 2.24) is 19.6 Å². The summed E-state index contributed by atoms with van der Waals surface area (Å²) in [4.78, 5) is 8.86. The van der Waals surface area contributed by atoms with E-state index in [0.29, 0.717) is 12.4 Å². The number of ether oxygens (including phenoxy) is 1. The number of rotatable bonds is 2. The highest BCUT2D eigenvalue weighted by Crippen LogP contribution is 2.21. The van der Waals surface area contributed by atoms with E-state index in [1.807, 2.05) is 0 Å². The average molecular weight is 236 g/mol. The lowest BCUT2D eigenvalue weighted by Gasteiger charge is -1.99. The Labute approximate surface area is 97.5 Å². The monoisotopic (exact) mass is 236 g/mol. The molecule has 0 bridgehead atoms. The van der Waals surface area contributed by atoms with Gasteiger partial charge in [0.2, 0.25) is 0 Å². The van der Waals surface area contributed by atoms with E-state index in [9.17, 15) is 0 Å². The lowest BCUT2D eigenvalue weighted by atomic mass is 10.3. The Morgan fingerprint density at radius 1 is 1.44 bits per heavy atom. The van der Waals surface area contributed by atoms with Crippen LogP contribution in [-0.2, 0) is 24.2 Å². The lowest BCUT2D eigenvalue weighted by Crippen LogP contribution is -1.99. The number of aromatic nitrogens is 4. The fraction of sp³-hybridized carbons (Fsp3) is 0.500. The first-order chi connectivity index (χ1) is 7.79. The summed E-state index contributed by atoms with van der Waals surface area (Å²) < 4.78 is 7.61. The molecule has 2 aromatic rings. The molecular formula is C10H12N4OS. The molecular weight excluding hydrogens is 224 g/mol.